The summed E-state index contributed by atoms with van der Waals surface area (Å²) in [6.07, 6.45) is -3.21. The Hall–Kier alpha value is -5.55. The van der Waals surface area contributed by atoms with Crippen LogP contribution in [0.2, 0.25) is 0 Å². The Labute approximate surface area is 365 Å². The van der Waals surface area contributed by atoms with Gasteiger partial charge >= 0.3 is 41.8 Å². The molecule has 18 nitrogen and oxygen atoms in total. The highest BCUT2D eigenvalue weighted by Crippen LogP contribution is 2.62. The minimum atomic E-state index is -1.63. The van der Waals surface area contributed by atoms with Gasteiger partial charge in [0.25, 0.3) is 0 Å². The Kier molecular flexibility index (Phi) is 13.2. The Bertz CT molecular complexity index is 2220. The van der Waals surface area contributed by atoms with Crippen LogP contribution in [0.15, 0.2) is 42.4 Å². The van der Waals surface area contributed by atoms with Crippen LogP contribution < -0.4 is 0 Å². The van der Waals surface area contributed by atoms with Crippen molar-refractivity contribution in [3.8, 4) is 0 Å². The molecule has 0 radical (unpaired) electrons. The van der Waals surface area contributed by atoms with Crippen LogP contribution in [0.4, 0.5) is 0 Å². The zero-order valence-electron chi connectivity index (χ0n) is 37.1. The molecule has 63 heavy (non-hydrogen) atoms. The van der Waals surface area contributed by atoms with E-state index in [1.165, 1.54) is 0 Å². The molecule has 0 saturated heterocycles. The lowest BCUT2D eigenvalue weighted by atomic mass is 9.55. The molecular formula is C45H60N4O14. The van der Waals surface area contributed by atoms with Gasteiger partial charge in [-0.3, -0.25) is 53.5 Å². The zero-order valence-corrected chi connectivity index (χ0v) is 37.1. The van der Waals surface area contributed by atoms with Crippen LogP contribution >= 0.6 is 0 Å². The third kappa shape index (κ3) is 8.61. The summed E-state index contributed by atoms with van der Waals surface area (Å²) in [5, 5.41) is 71.6. The molecule has 0 spiro atoms. The monoisotopic (exact) mass is 880 g/mol. The molecule has 0 amide bonds. The lowest BCUT2D eigenvalue weighted by molar-refractivity contribution is -0.143. The number of hydrogen-bond acceptors (Lipinski definition) is 11. The molecule has 18 heteroatoms. The van der Waals surface area contributed by atoms with Crippen molar-refractivity contribution < 1.29 is 69.3 Å². The molecule has 0 aromatic heterocycles. The molecule has 5 heterocycles. The SMILES string of the molecule is CC1=C2N=C(CC3(C)N=C(C(CCC(=O)O)=C3C)C(C)C3=NC(C(CC(=O)O)C3(C)CCC(=O)O)C3(C)N=C1C(CCC(=O)O)C3(C)CC(=O)O)C(CCC(=O)O)C2(C)CC(=O)O. The second-order valence-corrected chi connectivity index (χ2v) is 19.3. The average molecular weight is 881 g/mol. The summed E-state index contributed by atoms with van der Waals surface area (Å²) in [7, 11) is 0. The third-order valence-electron chi connectivity index (χ3n) is 15.4. The van der Waals surface area contributed by atoms with E-state index in [9.17, 15) is 69.3 Å². The summed E-state index contributed by atoms with van der Waals surface area (Å²) in [6, 6.07) is -1.14. The highest BCUT2D eigenvalue weighted by molar-refractivity contribution is 6.19. The van der Waals surface area contributed by atoms with E-state index in [1.54, 1.807) is 41.5 Å². The molecule has 0 aliphatic carbocycles. The van der Waals surface area contributed by atoms with Crippen LogP contribution in [0.25, 0.3) is 0 Å². The van der Waals surface area contributed by atoms with E-state index < -0.39 is 125 Å². The molecule has 5 rings (SSSR count). The maximum absolute atomic E-state index is 13.1. The van der Waals surface area contributed by atoms with Crippen molar-refractivity contribution in [2.24, 2.45) is 59.9 Å². The molecule has 0 fully saturated rings. The van der Waals surface area contributed by atoms with Crippen LogP contribution in [0.5, 0.6) is 0 Å². The molecule has 7 N–H and O–H groups in total. The maximum atomic E-state index is 13.1. The van der Waals surface area contributed by atoms with Crippen molar-refractivity contribution >= 4 is 64.6 Å². The number of hydrogen-bond donors (Lipinski definition) is 7. The Morgan fingerprint density at radius 2 is 1.21 bits per heavy atom. The minimum absolute atomic E-state index is 0.0204. The van der Waals surface area contributed by atoms with Crippen molar-refractivity contribution in [1.82, 2.24) is 0 Å². The van der Waals surface area contributed by atoms with Gasteiger partial charge in [-0.05, 0) is 70.1 Å². The van der Waals surface area contributed by atoms with Gasteiger partial charge in [0.15, 0.2) is 0 Å². The summed E-state index contributed by atoms with van der Waals surface area (Å²) in [4.78, 5) is 109. The zero-order chi connectivity index (χ0) is 47.4. The van der Waals surface area contributed by atoms with Crippen LogP contribution in [0.1, 0.15) is 132 Å². The van der Waals surface area contributed by atoms with Gasteiger partial charge in [-0.15, -0.1) is 0 Å². The van der Waals surface area contributed by atoms with E-state index >= 15 is 0 Å². The van der Waals surface area contributed by atoms with E-state index in [0.717, 1.165) is 0 Å². The molecule has 8 bridgehead atoms. The number of nitrogens with zero attached hydrogens (tertiary/aromatic N) is 4. The summed E-state index contributed by atoms with van der Waals surface area (Å²) < 4.78 is 0. The number of aliphatic imine (C=N–C) groups is 4. The first kappa shape index (κ1) is 48.5. The molecule has 10 unspecified atom stereocenters. The summed E-state index contributed by atoms with van der Waals surface area (Å²) in [5.41, 5.74) is -3.50. The Balaban J connectivity index is 1.99. The maximum Gasteiger partial charge on any atom is 0.304 e. The molecule has 0 aromatic carbocycles. The van der Waals surface area contributed by atoms with Crippen LogP contribution in [-0.2, 0) is 33.6 Å². The summed E-state index contributed by atoms with van der Waals surface area (Å²) in [5.74, 6) is -11.7. The van der Waals surface area contributed by atoms with Crippen molar-refractivity contribution in [3.05, 3.63) is 22.4 Å². The highest BCUT2D eigenvalue weighted by Gasteiger charge is 2.66. The number of aliphatic carboxylic acids is 7. The number of allylic oxidation sites excluding steroid dienone is 3. The first-order valence-electron chi connectivity index (χ1n) is 21.4. The largest absolute Gasteiger partial charge is 0.481 e. The fraction of sp³-hybridized carbons (Fsp3) is 0.667. The topological polar surface area (TPSA) is 311 Å². The minimum Gasteiger partial charge on any atom is -0.481 e. The molecule has 0 saturated carbocycles. The van der Waals surface area contributed by atoms with Crippen molar-refractivity contribution in [1.29, 1.82) is 0 Å². The molecular weight excluding hydrogens is 821 g/mol. The highest BCUT2D eigenvalue weighted by atomic mass is 16.4. The van der Waals surface area contributed by atoms with E-state index in [1.807, 2.05) is 13.8 Å². The number of rotatable bonds is 18. The lowest BCUT2D eigenvalue weighted by Crippen LogP contribution is -2.55. The number of carboxylic acids is 7. The van der Waals surface area contributed by atoms with Gasteiger partial charge < -0.3 is 35.7 Å². The van der Waals surface area contributed by atoms with Crippen LogP contribution in [-0.4, -0.2) is 117 Å². The van der Waals surface area contributed by atoms with Gasteiger partial charge in [0.1, 0.15) is 0 Å². The molecule has 344 valence electrons. The molecule has 5 aliphatic rings. The number of carbonyl (C=O) groups is 7. The van der Waals surface area contributed by atoms with Gasteiger partial charge in [-0.25, -0.2) is 0 Å². The summed E-state index contributed by atoms with van der Waals surface area (Å²) in [6.45, 7) is 13.9. The number of fused-ring (bicyclic) bond motifs is 5. The summed E-state index contributed by atoms with van der Waals surface area (Å²) >= 11 is 0. The quantitative estimate of drug-likeness (QED) is 0.0822. The van der Waals surface area contributed by atoms with E-state index in [2.05, 4.69) is 0 Å². The first-order chi connectivity index (χ1) is 29.1. The van der Waals surface area contributed by atoms with E-state index in [0.29, 0.717) is 33.9 Å². The van der Waals surface area contributed by atoms with E-state index in [-0.39, 0.29) is 62.8 Å². The fourth-order valence-electron chi connectivity index (χ4n) is 11.9. The Morgan fingerprint density at radius 3 is 1.73 bits per heavy atom. The predicted octanol–water partition coefficient (Wildman–Crippen LogP) is 6.07. The van der Waals surface area contributed by atoms with Gasteiger partial charge in [-0.1, -0.05) is 27.7 Å². The van der Waals surface area contributed by atoms with Crippen LogP contribution in [0, 0.1) is 39.9 Å². The van der Waals surface area contributed by atoms with Gasteiger partial charge in [0, 0.05) is 94.9 Å². The van der Waals surface area contributed by atoms with Crippen molar-refractivity contribution in [3.63, 3.8) is 0 Å². The normalized spacial score (nSPS) is 34.7. The smallest absolute Gasteiger partial charge is 0.304 e. The van der Waals surface area contributed by atoms with Gasteiger partial charge in [0.05, 0.1) is 42.1 Å². The third-order valence-corrected chi connectivity index (χ3v) is 15.4. The average Bonchev–Trinajstić information content (AvgIpc) is 3.75. The molecule has 0 aromatic rings. The fourth-order valence-corrected chi connectivity index (χ4v) is 11.9. The number of carboxylic acid groups (broad SMARTS) is 7. The van der Waals surface area contributed by atoms with Gasteiger partial charge in [0.2, 0.25) is 0 Å². The molecule has 5 aliphatic heterocycles. The van der Waals surface area contributed by atoms with Crippen LogP contribution in [0.3, 0.4) is 0 Å². The lowest BCUT2D eigenvalue weighted by Gasteiger charge is -2.48. The predicted molar refractivity (Wildman–Crippen MR) is 229 cm³/mol. The van der Waals surface area contributed by atoms with E-state index in [4.69, 9.17) is 20.0 Å². The standard InChI is InChI=1S/C45H60N4O14/c1-21-36-24(9-12-29(50)51)23(3)44(7,48-36)18-28-25(10-13-30(52)53)42(5,19-34(60)61)39(46-28)22(2)37-26(11-14-31(54)55)43(6,20-35(62)63)45(8,49-37)40-27(17-33(58)59)41(4,38(21)47-40)16-15-32(56)57/h21,25-27,40H,9-20H2,1-8H3,(H,50,51)(H,52,53)(H,54,55)(H,56,57)(H,58,59)(H,60,61)(H,62,63). The second kappa shape index (κ2) is 17.2. The van der Waals surface area contributed by atoms with Gasteiger partial charge in [-0.2, -0.15) is 0 Å². The molecule has 10 atom stereocenters. The van der Waals surface area contributed by atoms with Crippen molar-refractivity contribution in [2.45, 2.75) is 150 Å². The first-order valence-corrected chi connectivity index (χ1v) is 21.4. The van der Waals surface area contributed by atoms with Crippen molar-refractivity contribution in [2.75, 3.05) is 0 Å². The second-order valence-electron chi connectivity index (χ2n) is 19.3. The Morgan fingerprint density at radius 1 is 0.651 bits per heavy atom.